The Labute approximate surface area is 188 Å². The SMILES string of the molecule is O=C(Cc1cccc(CCNC[C@H](O)c2ccc(O)c(CO)c2)c1)NCc1ccccc1. The van der Waals surface area contributed by atoms with Gasteiger partial charge >= 0.3 is 0 Å². The summed E-state index contributed by atoms with van der Waals surface area (Å²) in [6.07, 6.45) is 0.366. The van der Waals surface area contributed by atoms with Crippen LogP contribution >= 0.6 is 0 Å². The number of aliphatic hydroxyl groups is 2. The van der Waals surface area contributed by atoms with E-state index in [1.54, 1.807) is 12.1 Å². The minimum atomic E-state index is -0.736. The number of carbonyl (C=O) groups is 1. The highest BCUT2D eigenvalue weighted by molar-refractivity contribution is 5.78. The average Bonchev–Trinajstić information content (AvgIpc) is 2.81. The number of phenols is 1. The number of amides is 1. The van der Waals surface area contributed by atoms with Gasteiger partial charge in [-0.05, 0) is 47.4 Å². The first-order valence-electron chi connectivity index (χ1n) is 10.7. The molecule has 0 spiro atoms. The summed E-state index contributed by atoms with van der Waals surface area (Å²) in [5.74, 6) is 0.00781. The third-order valence-electron chi connectivity index (χ3n) is 5.28. The van der Waals surface area contributed by atoms with E-state index in [-0.39, 0.29) is 18.3 Å². The average molecular weight is 435 g/mol. The van der Waals surface area contributed by atoms with Crippen LogP contribution in [0.25, 0.3) is 0 Å². The maximum Gasteiger partial charge on any atom is 0.224 e. The van der Waals surface area contributed by atoms with E-state index in [0.29, 0.717) is 37.2 Å². The molecule has 1 amide bonds. The van der Waals surface area contributed by atoms with Crippen LogP contribution in [-0.4, -0.2) is 34.3 Å². The molecule has 0 aliphatic heterocycles. The van der Waals surface area contributed by atoms with Crippen molar-refractivity contribution < 1.29 is 20.1 Å². The van der Waals surface area contributed by atoms with Crippen LogP contribution in [0.15, 0.2) is 72.8 Å². The van der Waals surface area contributed by atoms with E-state index in [4.69, 9.17) is 0 Å². The lowest BCUT2D eigenvalue weighted by atomic mass is 10.0. The van der Waals surface area contributed by atoms with Crippen LogP contribution in [0.3, 0.4) is 0 Å². The van der Waals surface area contributed by atoms with E-state index in [2.05, 4.69) is 10.6 Å². The Hall–Kier alpha value is -3.19. The second kappa shape index (κ2) is 12.0. The zero-order valence-electron chi connectivity index (χ0n) is 18.0. The molecule has 3 aromatic carbocycles. The Morgan fingerprint density at radius 2 is 1.66 bits per heavy atom. The van der Waals surface area contributed by atoms with Gasteiger partial charge in [0, 0.05) is 18.7 Å². The van der Waals surface area contributed by atoms with Crippen LogP contribution in [0.1, 0.15) is 33.9 Å². The summed E-state index contributed by atoms with van der Waals surface area (Å²) < 4.78 is 0. The molecule has 6 heteroatoms. The first-order valence-corrected chi connectivity index (χ1v) is 10.7. The molecule has 3 rings (SSSR count). The summed E-state index contributed by atoms with van der Waals surface area (Å²) in [7, 11) is 0. The lowest BCUT2D eigenvalue weighted by Gasteiger charge is -2.14. The highest BCUT2D eigenvalue weighted by Gasteiger charge is 2.10. The van der Waals surface area contributed by atoms with Gasteiger partial charge in [0.15, 0.2) is 0 Å². The molecule has 0 fully saturated rings. The number of hydrogen-bond acceptors (Lipinski definition) is 5. The summed E-state index contributed by atoms with van der Waals surface area (Å²) in [6, 6.07) is 22.5. The van der Waals surface area contributed by atoms with Crippen molar-refractivity contribution in [1.29, 1.82) is 0 Å². The van der Waals surface area contributed by atoms with Gasteiger partial charge in [0.1, 0.15) is 5.75 Å². The predicted octanol–water partition coefficient (Wildman–Crippen LogP) is 2.61. The molecule has 0 aromatic heterocycles. The van der Waals surface area contributed by atoms with Crippen LogP contribution in [0.2, 0.25) is 0 Å². The van der Waals surface area contributed by atoms with Gasteiger partial charge in [0.25, 0.3) is 0 Å². The van der Waals surface area contributed by atoms with Crippen molar-refractivity contribution >= 4 is 5.91 Å². The van der Waals surface area contributed by atoms with Crippen molar-refractivity contribution in [3.05, 3.63) is 101 Å². The minimum Gasteiger partial charge on any atom is -0.508 e. The molecule has 0 saturated carbocycles. The molecular weight excluding hydrogens is 404 g/mol. The summed E-state index contributed by atoms with van der Waals surface area (Å²) in [6.45, 7) is 1.27. The van der Waals surface area contributed by atoms with Gasteiger partial charge in [-0.25, -0.2) is 0 Å². The molecular formula is C26H30N2O4. The number of carbonyl (C=O) groups excluding carboxylic acids is 1. The van der Waals surface area contributed by atoms with Crippen LogP contribution in [0, 0.1) is 0 Å². The molecule has 168 valence electrons. The van der Waals surface area contributed by atoms with Crippen molar-refractivity contribution in [3.8, 4) is 5.75 Å². The quantitative estimate of drug-likeness (QED) is 0.299. The van der Waals surface area contributed by atoms with E-state index < -0.39 is 6.10 Å². The number of rotatable bonds is 11. The molecule has 1 atom stereocenters. The molecule has 0 saturated heterocycles. The fourth-order valence-electron chi connectivity index (χ4n) is 3.47. The summed E-state index contributed by atoms with van der Waals surface area (Å²) in [4.78, 5) is 12.3. The fourth-order valence-corrected chi connectivity index (χ4v) is 3.47. The van der Waals surface area contributed by atoms with E-state index in [1.807, 2.05) is 54.6 Å². The zero-order valence-corrected chi connectivity index (χ0v) is 18.0. The highest BCUT2D eigenvalue weighted by Crippen LogP contribution is 2.22. The number of benzene rings is 3. The number of aromatic hydroxyl groups is 1. The van der Waals surface area contributed by atoms with Gasteiger partial charge in [-0.15, -0.1) is 0 Å². The lowest BCUT2D eigenvalue weighted by molar-refractivity contribution is -0.120. The van der Waals surface area contributed by atoms with Gasteiger partial charge in [0.2, 0.25) is 5.91 Å². The summed E-state index contributed by atoms with van der Waals surface area (Å²) in [5, 5.41) is 35.4. The monoisotopic (exact) mass is 434 g/mol. The second-order valence-electron chi connectivity index (χ2n) is 7.78. The molecule has 0 aliphatic carbocycles. The highest BCUT2D eigenvalue weighted by atomic mass is 16.3. The normalized spacial score (nSPS) is 11.8. The Morgan fingerprint density at radius 3 is 2.44 bits per heavy atom. The topological polar surface area (TPSA) is 102 Å². The van der Waals surface area contributed by atoms with Gasteiger partial charge in [0.05, 0.1) is 19.1 Å². The number of hydrogen-bond donors (Lipinski definition) is 5. The predicted molar refractivity (Wildman–Crippen MR) is 124 cm³/mol. The Kier molecular flexibility index (Phi) is 8.80. The molecule has 32 heavy (non-hydrogen) atoms. The minimum absolute atomic E-state index is 0.0107. The van der Waals surface area contributed by atoms with Crippen LogP contribution < -0.4 is 10.6 Å². The fraction of sp³-hybridized carbons (Fsp3) is 0.269. The van der Waals surface area contributed by atoms with E-state index in [1.165, 1.54) is 6.07 Å². The molecule has 0 aliphatic rings. The van der Waals surface area contributed by atoms with Gasteiger partial charge in [-0.2, -0.15) is 0 Å². The van der Waals surface area contributed by atoms with Gasteiger partial charge in [-0.3, -0.25) is 4.79 Å². The zero-order chi connectivity index (χ0) is 22.8. The van der Waals surface area contributed by atoms with Crippen LogP contribution in [-0.2, 0) is 30.8 Å². The third kappa shape index (κ3) is 7.20. The molecule has 0 bridgehead atoms. The van der Waals surface area contributed by atoms with E-state index >= 15 is 0 Å². The standard InChI is InChI=1S/C26H30N2O4/c29-18-23-15-22(9-10-24(23)30)25(31)17-27-12-11-19-7-4-8-21(13-19)14-26(32)28-16-20-5-2-1-3-6-20/h1-10,13,15,25,27,29-31H,11-12,14,16-18H2,(H,28,32)/t25-/m0/s1. The van der Waals surface area contributed by atoms with Crippen molar-refractivity contribution in [2.75, 3.05) is 13.1 Å². The van der Waals surface area contributed by atoms with Crippen LogP contribution in [0.4, 0.5) is 0 Å². The van der Waals surface area contributed by atoms with Crippen LogP contribution in [0.5, 0.6) is 5.75 Å². The molecule has 0 unspecified atom stereocenters. The summed E-state index contributed by atoms with van der Waals surface area (Å²) in [5.41, 5.74) is 4.19. The van der Waals surface area contributed by atoms with Crippen molar-refractivity contribution in [1.82, 2.24) is 10.6 Å². The van der Waals surface area contributed by atoms with Crippen molar-refractivity contribution in [2.24, 2.45) is 0 Å². The Balaban J connectivity index is 1.42. The maximum absolute atomic E-state index is 12.3. The largest absolute Gasteiger partial charge is 0.508 e. The first kappa shape index (κ1) is 23.5. The molecule has 5 N–H and O–H groups in total. The van der Waals surface area contributed by atoms with E-state index in [9.17, 15) is 20.1 Å². The maximum atomic E-state index is 12.3. The molecule has 0 heterocycles. The van der Waals surface area contributed by atoms with Crippen molar-refractivity contribution in [2.45, 2.75) is 32.1 Å². The smallest absolute Gasteiger partial charge is 0.224 e. The third-order valence-corrected chi connectivity index (χ3v) is 5.28. The first-order chi connectivity index (χ1) is 15.5. The van der Waals surface area contributed by atoms with E-state index in [0.717, 1.165) is 23.1 Å². The number of aliphatic hydroxyl groups excluding tert-OH is 2. The molecule has 6 nitrogen and oxygen atoms in total. The van der Waals surface area contributed by atoms with Gasteiger partial charge in [-0.1, -0.05) is 60.7 Å². The Morgan fingerprint density at radius 1 is 0.906 bits per heavy atom. The summed E-state index contributed by atoms with van der Waals surface area (Å²) >= 11 is 0. The van der Waals surface area contributed by atoms with Gasteiger partial charge < -0.3 is 26.0 Å². The lowest BCUT2D eigenvalue weighted by Crippen LogP contribution is -2.25. The molecule has 0 radical (unpaired) electrons. The van der Waals surface area contributed by atoms with Crippen molar-refractivity contribution in [3.63, 3.8) is 0 Å². The Bertz CT molecular complexity index is 1010. The number of nitrogens with one attached hydrogen (secondary N) is 2. The molecule has 3 aromatic rings. The second-order valence-corrected chi connectivity index (χ2v) is 7.78.